The lowest BCUT2D eigenvalue weighted by Crippen LogP contribution is -2.37. The Labute approximate surface area is 118 Å². The van der Waals surface area contributed by atoms with E-state index in [1.807, 2.05) is 0 Å². The smallest absolute Gasteiger partial charge is 0.255 e. The monoisotopic (exact) mass is 282 g/mol. The second-order valence-corrected chi connectivity index (χ2v) is 5.32. The summed E-state index contributed by atoms with van der Waals surface area (Å²) in [4.78, 5) is 14.0. The summed E-state index contributed by atoms with van der Waals surface area (Å²) in [6, 6.07) is 4.95. The summed E-state index contributed by atoms with van der Waals surface area (Å²) >= 11 is 6.04. The summed E-state index contributed by atoms with van der Waals surface area (Å²) in [6.45, 7) is 1.37. The van der Waals surface area contributed by atoms with Gasteiger partial charge in [0.1, 0.15) is 0 Å². The lowest BCUT2D eigenvalue weighted by atomic mass is 10.1. The Kier molecular flexibility index (Phi) is 4.66. The highest BCUT2D eigenvalue weighted by Crippen LogP contribution is 2.21. The molecule has 5 heteroatoms. The summed E-state index contributed by atoms with van der Waals surface area (Å²) in [5.74, 6) is -0.119. The average Bonchev–Trinajstić information content (AvgIpc) is 2.42. The quantitative estimate of drug-likeness (QED) is 0.867. The maximum absolute atomic E-state index is 12.3. The fourth-order valence-corrected chi connectivity index (χ4v) is 2.45. The van der Waals surface area contributed by atoms with Gasteiger partial charge in [-0.2, -0.15) is 0 Å². The van der Waals surface area contributed by atoms with Gasteiger partial charge in [-0.15, -0.1) is 0 Å². The number of anilines is 1. The molecule has 0 radical (unpaired) electrons. The molecule has 1 unspecified atom stereocenters. The number of carbonyl (C=O) groups excluding carboxylic acids is 1. The molecule has 0 aromatic heterocycles. The van der Waals surface area contributed by atoms with Crippen molar-refractivity contribution in [1.29, 1.82) is 0 Å². The minimum atomic E-state index is -0.119. The minimum absolute atomic E-state index is 0.119. The summed E-state index contributed by atoms with van der Waals surface area (Å²) in [5, 5.41) is 0.426. The molecule has 0 aliphatic carbocycles. The van der Waals surface area contributed by atoms with E-state index < -0.39 is 0 Å². The van der Waals surface area contributed by atoms with Crippen LogP contribution in [0.25, 0.3) is 0 Å². The van der Waals surface area contributed by atoms with E-state index in [1.165, 1.54) is 0 Å². The molecule has 19 heavy (non-hydrogen) atoms. The second-order valence-electron chi connectivity index (χ2n) is 4.91. The Morgan fingerprint density at radius 2 is 2.32 bits per heavy atom. The third kappa shape index (κ3) is 3.61. The van der Waals surface area contributed by atoms with E-state index in [0.717, 1.165) is 25.9 Å². The van der Waals surface area contributed by atoms with E-state index in [0.29, 0.717) is 22.8 Å². The van der Waals surface area contributed by atoms with Gasteiger partial charge in [-0.25, -0.2) is 0 Å². The van der Waals surface area contributed by atoms with Gasteiger partial charge in [-0.1, -0.05) is 11.6 Å². The molecule has 2 N–H and O–H groups in total. The summed E-state index contributed by atoms with van der Waals surface area (Å²) in [7, 11) is 1.76. The van der Waals surface area contributed by atoms with Crippen LogP contribution < -0.4 is 5.73 Å². The lowest BCUT2D eigenvalue weighted by Gasteiger charge is -2.27. The van der Waals surface area contributed by atoms with Crippen molar-refractivity contribution >= 4 is 23.2 Å². The summed E-state index contributed by atoms with van der Waals surface area (Å²) < 4.78 is 5.64. The third-order valence-corrected chi connectivity index (χ3v) is 3.65. The van der Waals surface area contributed by atoms with Crippen LogP contribution in [0.2, 0.25) is 5.02 Å². The van der Waals surface area contributed by atoms with Crippen molar-refractivity contribution in [3.05, 3.63) is 28.8 Å². The molecule has 0 saturated carbocycles. The molecule has 2 rings (SSSR count). The number of amides is 1. The molecule has 1 heterocycles. The molecule has 1 aliphatic heterocycles. The fraction of sp³-hybridized carbons (Fsp3) is 0.500. The van der Waals surface area contributed by atoms with E-state index >= 15 is 0 Å². The van der Waals surface area contributed by atoms with Crippen LogP contribution in [0.3, 0.4) is 0 Å². The zero-order valence-corrected chi connectivity index (χ0v) is 11.8. The number of hydrogen-bond acceptors (Lipinski definition) is 3. The number of nitrogens with two attached hydrogens (primary N) is 1. The predicted molar refractivity (Wildman–Crippen MR) is 76.4 cm³/mol. The normalized spacial score (nSPS) is 19.2. The second kappa shape index (κ2) is 6.26. The number of carbonyl (C=O) groups is 1. The van der Waals surface area contributed by atoms with Gasteiger partial charge in [-0.05, 0) is 37.5 Å². The van der Waals surface area contributed by atoms with Crippen LogP contribution in [0.15, 0.2) is 18.2 Å². The van der Waals surface area contributed by atoms with E-state index in [1.54, 1.807) is 30.1 Å². The Hall–Kier alpha value is -1.26. The number of hydrogen-bond donors (Lipinski definition) is 1. The highest BCUT2D eigenvalue weighted by Gasteiger charge is 2.21. The fourth-order valence-electron chi connectivity index (χ4n) is 2.25. The number of ether oxygens (including phenoxy) is 1. The van der Waals surface area contributed by atoms with Gasteiger partial charge >= 0.3 is 0 Å². The minimum Gasteiger partial charge on any atom is -0.399 e. The third-order valence-electron chi connectivity index (χ3n) is 3.32. The van der Waals surface area contributed by atoms with Crippen LogP contribution in [-0.4, -0.2) is 37.1 Å². The summed E-state index contributed by atoms with van der Waals surface area (Å²) in [5.41, 5.74) is 6.68. The highest BCUT2D eigenvalue weighted by atomic mass is 35.5. The van der Waals surface area contributed by atoms with Crippen molar-refractivity contribution in [2.75, 3.05) is 25.9 Å². The molecule has 104 valence electrons. The molecule has 1 aliphatic rings. The van der Waals surface area contributed by atoms with Gasteiger partial charge in [0.15, 0.2) is 0 Å². The van der Waals surface area contributed by atoms with Crippen molar-refractivity contribution in [3.63, 3.8) is 0 Å². The number of halogens is 1. The van der Waals surface area contributed by atoms with Crippen LogP contribution in [0.4, 0.5) is 5.69 Å². The molecular weight excluding hydrogens is 264 g/mol. The van der Waals surface area contributed by atoms with E-state index in [9.17, 15) is 4.79 Å². The van der Waals surface area contributed by atoms with E-state index in [4.69, 9.17) is 22.1 Å². The molecule has 1 saturated heterocycles. The Morgan fingerprint density at radius 1 is 1.53 bits per heavy atom. The Bertz CT molecular complexity index is 459. The predicted octanol–water partition coefficient (Wildman–Crippen LogP) is 2.56. The average molecular weight is 283 g/mol. The van der Waals surface area contributed by atoms with Crippen LogP contribution in [0.1, 0.15) is 29.6 Å². The van der Waals surface area contributed by atoms with Crippen LogP contribution in [0.5, 0.6) is 0 Å². The SMILES string of the molecule is CN(CC1CCCCO1)C(=O)c1cc(N)ccc1Cl. The van der Waals surface area contributed by atoms with Crippen LogP contribution in [0, 0.1) is 0 Å². The van der Waals surface area contributed by atoms with Gasteiger partial charge in [0.05, 0.1) is 16.7 Å². The first-order valence-corrected chi connectivity index (χ1v) is 6.88. The molecule has 1 aromatic rings. The van der Waals surface area contributed by atoms with Crippen molar-refractivity contribution in [2.24, 2.45) is 0 Å². The van der Waals surface area contributed by atoms with Gasteiger partial charge in [-0.3, -0.25) is 4.79 Å². The number of benzene rings is 1. The standard InChI is InChI=1S/C14H19ClN2O2/c1-17(9-11-4-2-3-7-19-11)14(18)12-8-10(16)5-6-13(12)15/h5-6,8,11H,2-4,7,9,16H2,1H3. The number of nitrogen functional groups attached to an aromatic ring is 1. The zero-order valence-electron chi connectivity index (χ0n) is 11.1. The molecular formula is C14H19ClN2O2. The van der Waals surface area contributed by atoms with Crippen LogP contribution in [-0.2, 0) is 4.74 Å². The van der Waals surface area contributed by atoms with Gasteiger partial charge < -0.3 is 15.4 Å². The van der Waals surface area contributed by atoms with Crippen molar-refractivity contribution in [1.82, 2.24) is 4.90 Å². The first-order valence-electron chi connectivity index (χ1n) is 6.50. The van der Waals surface area contributed by atoms with Gasteiger partial charge in [0.2, 0.25) is 0 Å². The lowest BCUT2D eigenvalue weighted by molar-refractivity contribution is -0.000183. The van der Waals surface area contributed by atoms with Gasteiger partial charge in [0.25, 0.3) is 5.91 Å². The zero-order chi connectivity index (χ0) is 13.8. The number of likely N-dealkylation sites (N-methyl/N-ethyl adjacent to an activating group) is 1. The molecule has 0 spiro atoms. The highest BCUT2D eigenvalue weighted by molar-refractivity contribution is 6.33. The largest absolute Gasteiger partial charge is 0.399 e. The van der Waals surface area contributed by atoms with E-state index in [2.05, 4.69) is 0 Å². The molecule has 1 aromatic carbocycles. The maximum Gasteiger partial charge on any atom is 0.255 e. The number of rotatable bonds is 3. The van der Waals surface area contributed by atoms with Crippen molar-refractivity contribution in [3.8, 4) is 0 Å². The molecule has 0 bridgehead atoms. The first-order chi connectivity index (χ1) is 9.08. The molecule has 1 atom stereocenters. The molecule has 1 fully saturated rings. The molecule has 4 nitrogen and oxygen atoms in total. The van der Waals surface area contributed by atoms with Gasteiger partial charge in [0, 0.05) is 25.9 Å². The van der Waals surface area contributed by atoms with Crippen molar-refractivity contribution in [2.45, 2.75) is 25.4 Å². The maximum atomic E-state index is 12.3. The van der Waals surface area contributed by atoms with Crippen molar-refractivity contribution < 1.29 is 9.53 Å². The number of nitrogens with zero attached hydrogens (tertiary/aromatic N) is 1. The van der Waals surface area contributed by atoms with Crippen LogP contribution >= 0.6 is 11.6 Å². The Balaban J connectivity index is 2.03. The summed E-state index contributed by atoms with van der Waals surface area (Å²) in [6.07, 6.45) is 3.39. The topological polar surface area (TPSA) is 55.6 Å². The first kappa shape index (κ1) is 14.2. The van der Waals surface area contributed by atoms with E-state index in [-0.39, 0.29) is 12.0 Å². The Morgan fingerprint density at radius 3 is 3.00 bits per heavy atom. The molecule has 1 amide bonds.